The zero-order valence-corrected chi connectivity index (χ0v) is 16.8. The Bertz CT molecular complexity index is 960. The smallest absolute Gasteiger partial charge is 0.238 e. The monoisotopic (exact) mass is 385 g/mol. The Morgan fingerprint density at radius 2 is 1.61 bits per heavy atom. The summed E-state index contributed by atoms with van der Waals surface area (Å²) in [5.74, 6) is -1.85. The second kappa shape index (κ2) is 7.34. The number of hydrogen-bond acceptors (Lipinski definition) is 3. The number of hydrogen-bond donors (Lipinski definition) is 0. The zero-order chi connectivity index (χ0) is 20.5. The highest BCUT2D eigenvalue weighted by atomic mass is 19.2. The van der Waals surface area contributed by atoms with Gasteiger partial charge in [-0.1, -0.05) is 76.2 Å². The number of rotatable bonds is 5. The van der Waals surface area contributed by atoms with E-state index in [2.05, 4.69) is 10.3 Å². The molecule has 0 unspecified atom stereocenters. The minimum absolute atomic E-state index is 0.192. The molecule has 0 aliphatic heterocycles. The lowest BCUT2D eigenvalue weighted by Gasteiger charge is -2.39. The molecule has 0 bridgehead atoms. The van der Waals surface area contributed by atoms with Crippen molar-refractivity contribution in [1.82, 2.24) is 15.0 Å². The number of halogens is 2. The molecule has 0 radical (unpaired) electrons. The van der Waals surface area contributed by atoms with Crippen LogP contribution in [0.2, 0.25) is 0 Å². The van der Waals surface area contributed by atoms with Crippen molar-refractivity contribution in [2.24, 2.45) is 5.41 Å². The minimum Gasteiger partial charge on any atom is -0.434 e. The molecule has 3 rings (SSSR count). The summed E-state index contributed by atoms with van der Waals surface area (Å²) in [4.78, 5) is 0. The molecule has 0 spiro atoms. The first-order valence-electron chi connectivity index (χ1n) is 9.20. The third kappa shape index (κ3) is 3.77. The summed E-state index contributed by atoms with van der Waals surface area (Å²) in [5, 5.41) is 7.80. The Labute approximate surface area is 164 Å². The van der Waals surface area contributed by atoms with Crippen LogP contribution in [0, 0.1) is 17.0 Å². The van der Waals surface area contributed by atoms with Crippen molar-refractivity contribution in [3.63, 3.8) is 0 Å². The average molecular weight is 385 g/mol. The second-order valence-electron chi connectivity index (χ2n) is 8.43. The second-order valence-corrected chi connectivity index (χ2v) is 8.43. The molecule has 1 aromatic heterocycles. The summed E-state index contributed by atoms with van der Waals surface area (Å²) < 4.78 is 36.8. The van der Waals surface area contributed by atoms with Crippen molar-refractivity contribution in [2.45, 2.75) is 46.6 Å². The van der Waals surface area contributed by atoms with E-state index >= 15 is 0 Å². The summed E-state index contributed by atoms with van der Waals surface area (Å²) in [6.45, 7) is 10.2. The Morgan fingerprint density at radius 1 is 0.929 bits per heavy atom. The minimum atomic E-state index is -1.01. The van der Waals surface area contributed by atoms with Crippen LogP contribution in [0.1, 0.15) is 45.7 Å². The number of ether oxygens (including phenoxy) is 1. The number of benzene rings is 2. The van der Waals surface area contributed by atoms with E-state index in [0.717, 1.165) is 5.56 Å². The SMILES string of the molecule is CC(C)(C)C(C)(C)c1ccc(Oc2cnnn2Cc2ccccc2)c(F)c1F. The van der Waals surface area contributed by atoms with Crippen LogP contribution in [0.25, 0.3) is 0 Å². The van der Waals surface area contributed by atoms with E-state index in [9.17, 15) is 8.78 Å². The van der Waals surface area contributed by atoms with Gasteiger partial charge in [0.15, 0.2) is 11.6 Å². The van der Waals surface area contributed by atoms with Gasteiger partial charge < -0.3 is 4.74 Å². The van der Waals surface area contributed by atoms with Crippen molar-refractivity contribution in [2.75, 3.05) is 0 Å². The van der Waals surface area contributed by atoms with Crippen LogP contribution < -0.4 is 4.74 Å². The Balaban J connectivity index is 1.89. The summed E-state index contributed by atoms with van der Waals surface area (Å²) in [6.07, 6.45) is 1.38. The maximum atomic E-state index is 14.9. The fraction of sp³-hybridized carbons (Fsp3) is 0.364. The van der Waals surface area contributed by atoms with Gasteiger partial charge in [0.2, 0.25) is 11.7 Å². The van der Waals surface area contributed by atoms with Crippen molar-refractivity contribution in [3.8, 4) is 11.6 Å². The molecule has 0 fully saturated rings. The maximum absolute atomic E-state index is 14.9. The first kappa shape index (κ1) is 20.0. The van der Waals surface area contributed by atoms with E-state index in [1.54, 1.807) is 6.07 Å². The van der Waals surface area contributed by atoms with E-state index < -0.39 is 17.0 Å². The number of aromatic nitrogens is 3. The molecule has 0 saturated carbocycles. The normalized spacial score (nSPS) is 12.2. The van der Waals surface area contributed by atoms with Gasteiger partial charge in [-0.05, 0) is 28.0 Å². The molecule has 0 aliphatic rings. The molecule has 0 N–H and O–H groups in total. The summed E-state index contributed by atoms with van der Waals surface area (Å²) in [6, 6.07) is 12.7. The lowest BCUT2D eigenvalue weighted by Crippen LogP contribution is -2.35. The van der Waals surface area contributed by atoms with Crippen molar-refractivity contribution >= 4 is 0 Å². The highest BCUT2D eigenvalue weighted by Gasteiger charge is 2.37. The molecule has 6 heteroatoms. The molecule has 148 valence electrons. The Kier molecular flexibility index (Phi) is 5.24. The molecule has 2 aromatic carbocycles. The average Bonchev–Trinajstić information content (AvgIpc) is 3.05. The van der Waals surface area contributed by atoms with Gasteiger partial charge in [0.1, 0.15) is 6.20 Å². The Hall–Kier alpha value is -2.76. The quantitative estimate of drug-likeness (QED) is 0.564. The molecule has 0 atom stereocenters. The third-order valence-electron chi connectivity index (χ3n) is 5.57. The standard InChI is InChI=1S/C22H25F2N3O/c1-21(2,3)22(4,5)16-11-12-17(20(24)19(16)23)28-18-13-25-26-27(18)14-15-9-7-6-8-10-15/h6-13H,14H2,1-5H3. The fourth-order valence-electron chi connectivity index (χ4n) is 2.80. The molecular formula is C22H25F2N3O. The van der Waals surface area contributed by atoms with E-state index in [-0.39, 0.29) is 17.0 Å². The fourth-order valence-corrected chi connectivity index (χ4v) is 2.80. The van der Waals surface area contributed by atoms with Gasteiger partial charge >= 0.3 is 0 Å². The van der Waals surface area contributed by atoms with Gasteiger partial charge in [-0.15, -0.1) is 5.10 Å². The van der Waals surface area contributed by atoms with Crippen LogP contribution in [-0.2, 0) is 12.0 Å². The van der Waals surface area contributed by atoms with Gasteiger partial charge in [-0.25, -0.2) is 9.07 Å². The van der Waals surface area contributed by atoms with Crippen LogP contribution in [-0.4, -0.2) is 15.0 Å². The molecule has 0 aliphatic carbocycles. The third-order valence-corrected chi connectivity index (χ3v) is 5.57. The highest BCUT2D eigenvalue weighted by Crippen LogP contribution is 2.43. The Morgan fingerprint density at radius 3 is 2.25 bits per heavy atom. The summed E-state index contributed by atoms with van der Waals surface area (Å²) in [7, 11) is 0. The predicted molar refractivity (Wildman–Crippen MR) is 104 cm³/mol. The zero-order valence-electron chi connectivity index (χ0n) is 16.8. The molecule has 0 amide bonds. The molecular weight excluding hydrogens is 360 g/mol. The number of nitrogens with zero attached hydrogens (tertiary/aromatic N) is 3. The molecule has 1 heterocycles. The highest BCUT2D eigenvalue weighted by molar-refractivity contribution is 5.37. The van der Waals surface area contributed by atoms with Crippen molar-refractivity contribution < 1.29 is 13.5 Å². The largest absolute Gasteiger partial charge is 0.434 e. The van der Waals surface area contributed by atoms with Crippen LogP contribution in [0.4, 0.5) is 8.78 Å². The predicted octanol–water partition coefficient (Wildman–Crippen LogP) is 5.72. The van der Waals surface area contributed by atoms with Crippen LogP contribution >= 0.6 is 0 Å². The first-order chi connectivity index (χ1) is 13.1. The van der Waals surface area contributed by atoms with Crippen molar-refractivity contribution in [3.05, 3.63) is 71.4 Å². The van der Waals surface area contributed by atoms with Gasteiger partial charge in [0.05, 0.1) is 6.54 Å². The molecule has 0 saturated heterocycles. The summed E-state index contributed by atoms with van der Waals surface area (Å²) in [5.41, 5.74) is 0.501. The first-order valence-corrected chi connectivity index (χ1v) is 9.20. The van der Waals surface area contributed by atoms with Crippen molar-refractivity contribution in [1.29, 1.82) is 0 Å². The summed E-state index contributed by atoms with van der Waals surface area (Å²) >= 11 is 0. The van der Waals surface area contributed by atoms with Gasteiger partial charge in [0.25, 0.3) is 0 Å². The van der Waals surface area contributed by atoms with Gasteiger partial charge in [-0.3, -0.25) is 0 Å². The van der Waals surface area contributed by atoms with E-state index in [0.29, 0.717) is 12.1 Å². The molecule has 4 nitrogen and oxygen atoms in total. The van der Waals surface area contributed by atoms with E-state index in [4.69, 9.17) is 4.74 Å². The van der Waals surface area contributed by atoms with E-state index in [1.165, 1.54) is 16.9 Å². The maximum Gasteiger partial charge on any atom is 0.238 e. The lowest BCUT2D eigenvalue weighted by molar-refractivity contribution is 0.216. The van der Waals surface area contributed by atoms with Crippen LogP contribution in [0.5, 0.6) is 11.6 Å². The van der Waals surface area contributed by atoms with Crippen LogP contribution in [0.15, 0.2) is 48.7 Å². The van der Waals surface area contributed by atoms with E-state index in [1.807, 2.05) is 65.0 Å². The lowest BCUT2D eigenvalue weighted by atomic mass is 9.65. The van der Waals surface area contributed by atoms with Crippen LogP contribution in [0.3, 0.4) is 0 Å². The molecule has 28 heavy (non-hydrogen) atoms. The van der Waals surface area contributed by atoms with Gasteiger partial charge in [0, 0.05) is 0 Å². The topological polar surface area (TPSA) is 39.9 Å². The van der Waals surface area contributed by atoms with Gasteiger partial charge in [-0.2, -0.15) is 4.39 Å². The molecule has 3 aromatic rings.